The minimum atomic E-state index is 0.469. The Morgan fingerprint density at radius 3 is 2.88 bits per heavy atom. The van der Waals surface area contributed by atoms with Gasteiger partial charge in [-0.15, -0.1) is 0 Å². The number of carbonyl (C=O) groups excluding carboxylic acids is 1. The largest absolute Gasteiger partial charge is 0.352 e. The number of nitrogens with zero attached hydrogens (tertiary/aromatic N) is 4. The van der Waals surface area contributed by atoms with Gasteiger partial charge in [-0.3, -0.25) is 9.48 Å². The Kier molecular flexibility index (Phi) is 3.14. The summed E-state index contributed by atoms with van der Waals surface area (Å²) < 4.78 is 1.74. The summed E-state index contributed by atoms with van der Waals surface area (Å²) in [6.07, 6.45) is 3.60. The van der Waals surface area contributed by atoms with Crippen molar-refractivity contribution in [2.75, 3.05) is 11.4 Å². The fourth-order valence-corrected chi connectivity index (χ4v) is 2.16. The molecule has 1 aliphatic carbocycles. The fourth-order valence-electron chi connectivity index (χ4n) is 2.16. The molecule has 1 aromatic rings. The van der Waals surface area contributed by atoms with Crippen LogP contribution in [-0.2, 0) is 7.05 Å². The monoisotopic (exact) mass is 232 g/mol. The molecule has 5 nitrogen and oxygen atoms in total. The summed E-state index contributed by atoms with van der Waals surface area (Å²) in [7, 11) is 1.84. The molecule has 1 aromatic heterocycles. The van der Waals surface area contributed by atoms with E-state index in [1.807, 2.05) is 14.0 Å². The lowest BCUT2D eigenvalue weighted by Gasteiger charge is -2.23. The molecule has 2 rings (SSSR count). The lowest BCUT2D eigenvalue weighted by Crippen LogP contribution is -2.29. The van der Waals surface area contributed by atoms with Gasteiger partial charge in [0.1, 0.15) is 5.82 Å². The van der Waals surface area contributed by atoms with Crippen molar-refractivity contribution in [1.82, 2.24) is 9.78 Å². The SMILES string of the molecule is Cc1nn(C)c(N(CCC#N)C2CC2)c1C=O. The van der Waals surface area contributed by atoms with Gasteiger partial charge in [-0.25, -0.2) is 0 Å². The second-order valence-corrected chi connectivity index (χ2v) is 4.40. The molecule has 1 heterocycles. The summed E-state index contributed by atoms with van der Waals surface area (Å²) in [4.78, 5) is 13.3. The number of aldehydes is 1. The van der Waals surface area contributed by atoms with E-state index < -0.39 is 0 Å². The van der Waals surface area contributed by atoms with Crippen LogP contribution in [-0.4, -0.2) is 28.7 Å². The van der Waals surface area contributed by atoms with Gasteiger partial charge in [0.15, 0.2) is 6.29 Å². The molecular formula is C12H16N4O. The van der Waals surface area contributed by atoms with Gasteiger partial charge in [0, 0.05) is 19.6 Å². The van der Waals surface area contributed by atoms with E-state index in [0.29, 0.717) is 24.6 Å². The van der Waals surface area contributed by atoms with Crippen molar-refractivity contribution >= 4 is 12.1 Å². The third-order valence-corrected chi connectivity index (χ3v) is 3.08. The number of rotatable bonds is 5. The van der Waals surface area contributed by atoms with Gasteiger partial charge in [0.25, 0.3) is 0 Å². The van der Waals surface area contributed by atoms with E-state index in [4.69, 9.17) is 5.26 Å². The molecule has 0 radical (unpaired) electrons. The number of hydrogen-bond acceptors (Lipinski definition) is 4. The maximum Gasteiger partial charge on any atom is 0.155 e. The number of anilines is 1. The molecule has 0 spiro atoms. The first-order valence-electron chi connectivity index (χ1n) is 5.81. The van der Waals surface area contributed by atoms with E-state index in [1.165, 1.54) is 0 Å². The van der Waals surface area contributed by atoms with Crippen molar-refractivity contribution in [2.24, 2.45) is 7.05 Å². The second-order valence-electron chi connectivity index (χ2n) is 4.40. The molecule has 0 amide bonds. The summed E-state index contributed by atoms with van der Waals surface area (Å²) >= 11 is 0. The van der Waals surface area contributed by atoms with Crippen molar-refractivity contribution < 1.29 is 4.79 Å². The first-order valence-corrected chi connectivity index (χ1v) is 5.81. The summed E-state index contributed by atoms with van der Waals surface area (Å²) in [6.45, 7) is 2.50. The Labute approximate surface area is 101 Å². The Hall–Kier alpha value is -1.83. The van der Waals surface area contributed by atoms with Gasteiger partial charge in [0.05, 0.1) is 23.7 Å². The first-order chi connectivity index (χ1) is 8.19. The summed E-state index contributed by atoms with van der Waals surface area (Å²) in [5.74, 6) is 0.857. The van der Waals surface area contributed by atoms with Crippen LogP contribution in [0, 0.1) is 18.3 Å². The molecule has 1 saturated carbocycles. The summed E-state index contributed by atoms with van der Waals surface area (Å²) in [5, 5.41) is 13.0. The average Bonchev–Trinajstić information content (AvgIpc) is 3.07. The number of hydrogen-bond donors (Lipinski definition) is 0. The topological polar surface area (TPSA) is 61.9 Å². The maximum atomic E-state index is 11.1. The Morgan fingerprint density at radius 2 is 2.35 bits per heavy atom. The van der Waals surface area contributed by atoms with Gasteiger partial charge in [-0.1, -0.05) is 0 Å². The average molecular weight is 232 g/mol. The molecule has 0 bridgehead atoms. The van der Waals surface area contributed by atoms with Gasteiger partial charge >= 0.3 is 0 Å². The summed E-state index contributed by atoms with van der Waals surface area (Å²) in [6, 6.07) is 2.62. The van der Waals surface area contributed by atoms with Crippen LogP contribution in [0.2, 0.25) is 0 Å². The molecular weight excluding hydrogens is 216 g/mol. The van der Waals surface area contributed by atoms with Crippen LogP contribution >= 0.6 is 0 Å². The van der Waals surface area contributed by atoms with E-state index in [1.54, 1.807) is 4.68 Å². The molecule has 0 saturated heterocycles. The summed E-state index contributed by atoms with van der Waals surface area (Å²) in [5.41, 5.74) is 1.40. The van der Waals surface area contributed by atoms with E-state index in [-0.39, 0.29) is 0 Å². The number of aromatic nitrogens is 2. The van der Waals surface area contributed by atoms with Crippen molar-refractivity contribution in [3.63, 3.8) is 0 Å². The van der Waals surface area contributed by atoms with Gasteiger partial charge in [0.2, 0.25) is 0 Å². The van der Waals surface area contributed by atoms with Crippen LogP contribution in [0.25, 0.3) is 0 Å². The highest BCUT2D eigenvalue weighted by molar-refractivity contribution is 5.85. The van der Waals surface area contributed by atoms with Crippen LogP contribution in [0.4, 0.5) is 5.82 Å². The van der Waals surface area contributed by atoms with Crippen LogP contribution in [0.15, 0.2) is 0 Å². The zero-order chi connectivity index (χ0) is 12.4. The van der Waals surface area contributed by atoms with E-state index >= 15 is 0 Å². The number of aryl methyl sites for hydroxylation is 2. The van der Waals surface area contributed by atoms with Crippen molar-refractivity contribution in [3.05, 3.63) is 11.3 Å². The van der Waals surface area contributed by atoms with E-state index in [0.717, 1.165) is 30.6 Å². The van der Waals surface area contributed by atoms with Crippen LogP contribution in [0.3, 0.4) is 0 Å². The smallest absolute Gasteiger partial charge is 0.155 e. The minimum Gasteiger partial charge on any atom is -0.352 e. The highest BCUT2D eigenvalue weighted by Crippen LogP contribution is 2.33. The lowest BCUT2D eigenvalue weighted by atomic mass is 10.2. The molecule has 5 heteroatoms. The molecule has 17 heavy (non-hydrogen) atoms. The number of nitriles is 1. The molecule has 0 N–H and O–H groups in total. The molecule has 0 atom stereocenters. The molecule has 90 valence electrons. The lowest BCUT2D eigenvalue weighted by molar-refractivity contribution is 0.112. The Balaban J connectivity index is 2.34. The predicted molar refractivity (Wildman–Crippen MR) is 63.9 cm³/mol. The van der Waals surface area contributed by atoms with Crippen molar-refractivity contribution in [3.8, 4) is 6.07 Å². The first kappa shape index (κ1) is 11.6. The van der Waals surface area contributed by atoms with E-state index in [2.05, 4.69) is 16.1 Å². The number of carbonyl (C=O) groups is 1. The van der Waals surface area contributed by atoms with Gasteiger partial charge in [-0.2, -0.15) is 10.4 Å². The Bertz CT molecular complexity index is 468. The van der Waals surface area contributed by atoms with Crippen molar-refractivity contribution in [1.29, 1.82) is 5.26 Å². The van der Waals surface area contributed by atoms with E-state index in [9.17, 15) is 4.79 Å². The van der Waals surface area contributed by atoms with Gasteiger partial charge in [-0.05, 0) is 19.8 Å². The highest BCUT2D eigenvalue weighted by Gasteiger charge is 2.32. The highest BCUT2D eigenvalue weighted by atomic mass is 16.1. The second kappa shape index (κ2) is 4.58. The third kappa shape index (κ3) is 2.16. The quantitative estimate of drug-likeness (QED) is 0.720. The molecule has 0 unspecified atom stereocenters. The predicted octanol–water partition coefficient (Wildman–Crippen LogP) is 1.42. The standard InChI is InChI=1S/C12H16N4O/c1-9-11(8-17)12(15(2)14-9)16(7-3-6-13)10-4-5-10/h8,10H,3-5,7H2,1-2H3. The van der Waals surface area contributed by atoms with Crippen LogP contribution in [0.5, 0.6) is 0 Å². The zero-order valence-electron chi connectivity index (χ0n) is 10.2. The van der Waals surface area contributed by atoms with Crippen molar-refractivity contribution in [2.45, 2.75) is 32.2 Å². The molecule has 1 fully saturated rings. The molecule has 0 aromatic carbocycles. The normalized spacial score (nSPS) is 14.4. The minimum absolute atomic E-state index is 0.469. The fraction of sp³-hybridized carbons (Fsp3) is 0.583. The van der Waals surface area contributed by atoms with Crippen LogP contribution in [0.1, 0.15) is 35.3 Å². The molecule has 1 aliphatic rings. The zero-order valence-corrected chi connectivity index (χ0v) is 10.2. The maximum absolute atomic E-state index is 11.1. The van der Waals surface area contributed by atoms with Crippen LogP contribution < -0.4 is 4.90 Å². The molecule has 0 aliphatic heterocycles. The Morgan fingerprint density at radius 1 is 1.65 bits per heavy atom. The van der Waals surface area contributed by atoms with Gasteiger partial charge < -0.3 is 4.90 Å². The third-order valence-electron chi connectivity index (χ3n) is 3.08.